The average molecular weight is 456 g/mol. The van der Waals surface area contributed by atoms with Gasteiger partial charge in [0.25, 0.3) is 0 Å². The molecule has 2 aliphatic rings. The van der Waals surface area contributed by atoms with E-state index in [0.29, 0.717) is 33.8 Å². The van der Waals surface area contributed by atoms with Gasteiger partial charge in [-0.2, -0.15) is 0 Å². The fourth-order valence-corrected chi connectivity index (χ4v) is 5.18. The number of aryl methyl sites for hydroxylation is 1. The van der Waals surface area contributed by atoms with Gasteiger partial charge in [0.1, 0.15) is 11.6 Å². The molecule has 7 nitrogen and oxygen atoms in total. The van der Waals surface area contributed by atoms with E-state index in [4.69, 9.17) is 4.74 Å². The SMILES string of the molecule is Cc1ncc(-c2cc(O)c(-c3ccc(N4CC[C@@H](NC5CCOCC5)C4)nn3)cc2F)s1. The highest BCUT2D eigenvalue weighted by Crippen LogP contribution is 2.36. The molecular weight excluding hydrogens is 429 g/mol. The van der Waals surface area contributed by atoms with Crippen molar-refractivity contribution in [1.29, 1.82) is 0 Å². The normalized spacial score (nSPS) is 19.6. The number of phenolic OH excluding ortho intramolecular Hbond substituents is 1. The summed E-state index contributed by atoms with van der Waals surface area (Å²) in [6.07, 6.45) is 4.80. The van der Waals surface area contributed by atoms with Crippen LogP contribution in [0, 0.1) is 12.7 Å². The van der Waals surface area contributed by atoms with Crippen LogP contribution in [0.4, 0.5) is 10.2 Å². The fraction of sp³-hybridized carbons (Fsp3) is 0.435. The Morgan fingerprint density at radius 1 is 1.12 bits per heavy atom. The molecule has 168 valence electrons. The molecule has 3 aromatic rings. The van der Waals surface area contributed by atoms with Crippen LogP contribution in [-0.2, 0) is 4.74 Å². The second-order valence-corrected chi connectivity index (χ2v) is 9.59. The highest BCUT2D eigenvalue weighted by atomic mass is 32.1. The zero-order valence-electron chi connectivity index (χ0n) is 17.9. The van der Waals surface area contributed by atoms with Crippen molar-refractivity contribution in [2.45, 2.75) is 38.3 Å². The van der Waals surface area contributed by atoms with Crippen molar-refractivity contribution in [2.75, 3.05) is 31.2 Å². The molecule has 2 saturated heterocycles. The van der Waals surface area contributed by atoms with E-state index < -0.39 is 5.82 Å². The summed E-state index contributed by atoms with van der Waals surface area (Å²) in [5.74, 6) is 0.340. The van der Waals surface area contributed by atoms with Crippen LogP contribution in [0.1, 0.15) is 24.3 Å². The topological polar surface area (TPSA) is 83.4 Å². The van der Waals surface area contributed by atoms with Crippen LogP contribution < -0.4 is 10.2 Å². The molecule has 9 heteroatoms. The molecule has 2 fully saturated rings. The summed E-state index contributed by atoms with van der Waals surface area (Å²) in [7, 11) is 0. The lowest BCUT2D eigenvalue weighted by atomic mass is 10.1. The number of ether oxygens (including phenoxy) is 1. The smallest absolute Gasteiger partial charge is 0.151 e. The number of nitrogens with one attached hydrogen (secondary N) is 1. The molecule has 2 N–H and O–H groups in total. The molecule has 0 radical (unpaired) electrons. The van der Waals surface area contributed by atoms with Gasteiger partial charge in [0, 0.05) is 55.7 Å². The van der Waals surface area contributed by atoms with Crippen molar-refractivity contribution in [3.05, 3.63) is 41.3 Å². The quantitative estimate of drug-likeness (QED) is 0.606. The Balaban J connectivity index is 1.28. The van der Waals surface area contributed by atoms with Crippen LogP contribution in [-0.4, -0.2) is 58.7 Å². The first-order valence-corrected chi connectivity index (χ1v) is 11.8. The Morgan fingerprint density at radius 2 is 1.97 bits per heavy atom. The van der Waals surface area contributed by atoms with E-state index in [9.17, 15) is 9.50 Å². The highest BCUT2D eigenvalue weighted by Gasteiger charge is 2.26. The van der Waals surface area contributed by atoms with Crippen LogP contribution in [0.25, 0.3) is 21.7 Å². The Labute approximate surface area is 190 Å². The molecule has 0 bridgehead atoms. The van der Waals surface area contributed by atoms with Crippen LogP contribution in [0.5, 0.6) is 5.75 Å². The molecule has 2 aliphatic heterocycles. The average Bonchev–Trinajstić information content (AvgIpc) is 3.45. The van der Waals surface area contributed by atoms with E-state index in [1.165, 1.54) is 23.5 Å². The largest absolute Gasteiger partial charge is 0.507 e. The number of aromatic hydroxyl groups is 1. The summed E-state index contributed by atoms with van der Waals surface area (Å²) in [5, 5.41) is 23.8. The second kappa shape index (κ2) is 9.09. The Morgan fingerprint density at radius 3 is 2.69 bits per heavy atom. The molecule has 0 amide bonds. The molecule has 1 aromatic carbocycles. The monoisotopic (exact) mass is 455 g/mol. The summed E-state index contributed by atoms with van der Waals surface area (Å²) in [5.41, 5.74) is 1.10. The van der Waals surface area contributed by atoms with Gasteiger partial charge in [-0.05, 0) is 50.5 Å². The number of hydrogen-bond donors (Lipinski definition) is 2. The van der Waals surface area contributed by atoms with E-state index >= 15 is 0 Å². The molecule has 4 heterocycles. The van der Waals surface area contributed by atoms with Crippen molar-refractivity contribution >= 4 is 17.2 Å². The van der Waals surface area contributed by atoms with Gasteiger partial charge in [-0.25, -0.2) is 9.37 Å². The fourth-order valence-electron chi connectivity index (χ4n) is 4.38. The Bertz CT molecular complexity index is 1080. The number of halogens is 1. The zero-order valence-corrected chi connectivity index (χ0v) is 18.7. The van der Waals surface area contributed by atoms with Crippen molar-refractivity contribution in [3.63, 3.8) is 0 Å². The third-order valence-corrected chi connectivity index (χ3v) is 7.05. The van der Waals surface area contributed by atoms with Crippen molar-refractivity contribution in [1.82, 2.24) is 20.5 Å². The molecule has 5 rings (SSSR count). The third-order valence-electron chi connectivity index (χ3n) is 6.10. The molecular formula is C23H26FN5O2S. The van der Waals surface area contributed by atoms with Crippen LogP contribution in [0.2, 0.25) is 0 Å². The van der Waals surface area contributed by atoms with Gasteiger partial charge < -0.3 is 20.1 Å². The van der Waals surface area contributed by atoms with E-state index in [1.807, 2.05) is 13.0 Å². The van der Waals surface area contributed by atoms with E-state index in [2.05, 4.69) is 25.4 Å². The van der Waals surface area contributed by atoms with Crippen molar-refractivity contribution < 1.29 is 14.2 Å². The van der Waals surface area contributed by atoms with Gasteiger partial charge in [-0.3, -0.25) is 0 Å². The minimum atomic E-state index is -0.422. The van der Waals surface area contributed by atoms with Gasteiger partial charge in [-0.15, -0.1) is 21.5 Å². The molecule has 0 unspecified atom stereocenters. The van der Waals surface area contributed by atoms with Crippen molar-refractivity contribution in [3.8, 4) is 27.4 Å². The molecule has 32 heavy (non-hydrogen) atoms. The number of thiazole rings is 1. The van der Waals surface area contributed by atoms with E-state index in [1.54, 1.807) is 12.3 Å². The zero-order chi connectivity index (χ0) is 22.1. The maximum Gasteiger partial charge on any atom is 0.151 e. The summed E-state index contributed by atoms with van der Waals surface area (Å²) in [4.78, 5) is 7.06. The number of benzene rings is 1. The van der Waals surface area contributed by atoms with Crippen LogP contribution >= 0.6 is 11.3 Å². The van der Waals surface area contributed by atoms with Crippen molar-refractivity contribution in [2.24, 2.45) is 0 Å². The molecule has 1 atom stereocenters. The first-order valence-electron chi connectivity index (χ1n) is 10.9. The summed E-state index contributed by atoms with van der Waals surface area (Å²) in [6, 6.07) is 7.37. The number of rotatable bonds is 5. The summed E-state index contributed by atoms with van der Waals surface area (Å²) in [6.45, 7) is 5.33. The maximum atomic E-state index is 14.8. The Hall–Kier alpha value is -2.62. The first kappa shape index (κ1) is 21.2. The third kappa shape index (κ3) is 4.46. The van der Waals surface area contributed by atoms with Crippen LogP contribution in [0.15, 0.2) is 30.5 Å². The predicted molar refractivity (Wildman–Crippen MR) is 123 cm³/mol. The number of anilines is 1. The lowest BCUT2D eigenvalue weighted by Gasteiger charge is -2.26. The van der Waals surface area contributed by atoms with E-state index in [-0.39, 0.29) is 5.75 Å². The van der Waals surface area contributed by atoms with E-state index in [0.717, 1.165) is 56.4 Å². The second-order valence-electron chi connectivity index (χ2n) is 8.35. The number of phenols is 1. The molecule has 0 saturated carbocycles. The van der Waals surface area contributed by atoms with Gasteiger partial charge in [0.15, 0.2) is 5.82 Å². The molecule has 2 aromatic heterocycles. The minimum Gasteiger partial charge on any atom is -0.507 e. The molecule has 0 aliphatic carbocycles. The lowest BCUT2D eigenvalue weighted by Crippen LogP contribution is -2.43. The maximum absolute atomic E-state index is 14.8. The van der Waals surface area contributed by atoms with Crippen LogP contribution in [0.3, 0.4) is 0 Å². The first-order chi connectivity index (χ1) is 15.6. The lowest BCUT2D eigenvalue weighted by molar-refractivity contribution is 0.0755. The Kier molecular flexibility index (Phi) is 6.03. The van der Waals surface area contributed by atoms with Gasteiger partial charge in [-0.1, -0.05) is 0 Å². The molecule has 0 spiro atoms. The predicted octanol–water partition coefficient (Wildman–Crippen LogP) is 3.77. The van der Waals surface area contributed by atoms with Gasteiger partial charge >= 0.3 is 0 Å². The van der Waals surface area contributed by atoms with Gasteiger partial charge in [0.05, 0.1) is 15.6 Å². The number of aromatic nitrogens is 3. The minimum absolute atomic E-state index is 0.0311. The highest BCUT2D eigenvalue weighted by molar-refractivity contribution is 7.15. The number of nitrogens with zero attached hydrogens (tertiary/aromatic N) is 4. The standard InChI is InChI=1S/C23H26FN5O2S/c1-14-25-12-22(32-14)17-11-21(30)18(10-19(17)24)20-2-3-23(28-27-20)29-7-4-16(13-29)26-15-5-8-31-9-6-15/h2-3,10-12,15-16,26,30H,4-9,13H2,1H3/t16-/m1/s1. The summed E-state index contributed by atoms with van der Waals surface area (Å²) >= 11 is 1.39. The number of hydrogen-bond acceptors (Lipinski definition) is 8. The van der Waals surface area contributed by atoms with Gasteiger partial charge in [0.2, 0.25) is 0 Å². The summed E-state index contributed by atoms with van der Waals surface area (Å²) < 4.78 is 20.2.